The highest BCUT2D eigenvalue weighted by Crippen LogP contribution is 2.37. The van der Waals surface area contributed by atoms with Gasteiger partial charge in [0.25, 0.3) is 0 Å². The number of aryl methyl sites for hydroxylation is 2. The van der Waals surface area contributed by atoms with Crippen LogP contribution in [-0.4, -0.2) is 19.3 Å². The van der Waals surface area contributed by atoms with Gasteiger partial charge in [0.2, 0.25) is 0 Å². The number of rotatable bonds is 7. The summed E-state index contributed by atoms with van der Waals surface area (Å²) in [6, 6.07) is 32.1. The topological polar surface area (TPSA) is 44.9 Å². The fourth-order valence-corrected chi connectivity index (χ4v) is 6.65. The monoisotopic (exact) mass is 618 g/mol. The van der Waals surface area contributed by atoms with E-state index in [9.17, 15) is 0 Å². The number of ether oxygens (including phenoxy) is 1. The molecular weight excluding hydrogens is 576 g/mol. The maximum Gasteiger partial charge on any atom is 0.137 e. The van der Waals surface area contributed by atoms with Crippen molar-refractivity contribution >= 4 is 21.8 Å². The molecule has 0 bridgehead atoms. The van der Waals surface area contributed by atoms with Crippen molar-refractivity contribution in [1.29, 1.82) is 0 Å². The quantitative estimate of drug-likeness (QED) is 0.178. The molecule has 7 aromatic rings. The zero-order valence-corrected chi connectivity index (χ0v) is 28.4. The van der Waals surface area contributed by atoms with E-state index in [2.05, 4.69) is 150 Å². The summed E-state index contributed by atoms with van der Waals surface area (Å²) in [5, 5.41) is 7.17. The first-order chi connectivity index (χ1) is 22.5. The number of fused-ring (bicyclic) bond motifs is 3. The molecule has 3 aromatic heterocycles. The van der Waals surface area contributed by atoms with Crippen LogP contribution in [-0.2, 0) is 11.8 Å². The molecule has 5 nitrogen and oxygen atoms in total. The van der Waals surface area contributed by atoms with E-state index < -0.39 is 0 Å². The summed E-state index contributed by atoms with van der Waals surface area (Å²) in [5.41, 5.74) is 10.4. The summed E-state index contributed by atoms with van der Waals surface area (Å²) in [7, 11) is 0. The molecule has 0 aliphatic rings. The van der Waals surface area contributed by atoms with E-state index in [1.54, 1.807) is 0 Å². The zero-order chi connectivity index (χ0) is 32.9. The van der Waals surface area contributed by atoms with Crippen molar-refractivity contribution in [2.24, 2.45) is 5.92 Å². The number of para-hydroxylation sites is 1. The zero-order valence-electron chi connectivity index (χ0n) is 28.4. The normalized spacial score (nSPS) is 12.0. The van der Waals surface area contributed by atoms with Gasteiger partial charge in [-0.3, -0.25) is 4.57 Å². The first-order valence-electron chi connectivity index (χ1n) is 16.5. The van der Waals surface area contributed by atoms with Gasteiger partial charge in [-0.05, 0) is 102 Å². The number of hydrogen-bond acceptors (Lipinski definition) is 3. The Morgan fingerprint density at radius 1 is 0.766 bits per heavy atom. The van der Waals surface area contributed by atoms with Crippen molar-refractivity contribution in [2.75, 3.05) is 0 Å². The number of aromatic nitrogens is 4. The molecule has 0 spiro atoms. The molecule has 5 heteroatoms. The van der Waals surface area contributed by atoms with E-state index in [1.807, 2.05) is 17.1 Å². The van der Waals surface area contributed by atoms with Crippen LogP contribution in [0.1, 0.15) is 56.9 Å². The molecule has 7 rings (SSSR count). The number of hydrogen-bond donors (Lipinski definition) is 0. The molecule has 0 amide bonds. The van der Waals surface area contributed by atoms with Crippen molar-refractivity contribution in [3.8, 4) is 34.1 Å². The molecule has 0 radical (unpaired) electrons. The molecule has 0 unspecified atom stereocenters. The third-order valence-electron chi connectivity index (χ3n) is 8.94. The lowest BCUT2D eigenvalue weighted by Gasteiger charge is -2.21. The van der Waals surface area contributed by atoms with Crippen LogP contribution in [0.15, 0.2) is 110 Å². The van der Waals surface area contributed by atoms with Crippen LogP contribution in [0.2, 0.25) is 0 Å². The van der Waals surface area contributed by atoms with E-state index >= 15 is 0 Å². The van der Waals surface area contributed by atoms with E-state index in [-0.39, 0.29) is 5.41 Å². The Morgan fingerprint density at radius 3 is 2.30 bits per heavy atom. The van der Waals surface area contributed by atoms with Gasteiger partial charge in [0.05, 0.1) is 22.9 Å². The van der Waals surface area contributed by atoms with Crippen molar-refractivity contribution in [1.82, 2.24) is 19.3 Å². The molecule has 0 aliphatic carbocycles. The van der Waals surface area contributed by atoms with Crippen LogP contribution < -0.4 is 4.74 Å². The highest BCUT2D eigenvalue weighted by atomic mass is 16.5. The molecule has 0 saturated carbocycles. The van der Waals surface area contributed by atoms with Crippen LogP contribution in [0.5, 0.6) is 11.5 Å². The third kappa shape index (κ3) is 5.94. The Hall–Kier alpha value is -5.16. The Kier molecular flexibility index (Phi) is 7.71. The van der Waals surface area contributed by atoms with Crippen molar-refractivity contribution in [3.63, 3.8) is 0 Å². The van der Waals surface area contributed by atoms with Gasteiger partial charge >= 0.3 is 0 Å². The van der Waals surface area contributed by atoms with Crippen molar-refractivity contribution in [3.05, 3.63) is 132 Å². The van der Waals surface area contributed by atoms with Crippen LogP contribution in [0.4, 0.5) is 0 Å². The second-order valence-electron chi connectivity index (χ2n) is 14.2. The number of nitrogens with zero attached hydrogens (tertiary/aromatic N) is 4. The first-order valence-corrected chi connectivity index (χ1v) is 16.5. The summed E-state index contributed by atoms with van der Waals surface area (Å²) in [6.07, 6.45) is 7.01. The van der Waals surface area contributed by atoms with Crippen molar-refractivity contribution in [2.45, 2.75) is 60.3 Å². The van der Waals surface area contributed by atoms with Gasteiger partial charge in [-0.1, -0.05) is 71.0 Å². The van der Waals surface area contributed by atoms with Crippen molar-refractivity contribution < 1.29 is 4.74 Å². The lowest BCUT2D eigenvalue weighted by molar-refractivity contribution is 0.478. The number of pyridine rings is 1. The summed E-state index contributed by atoms with van der Waals surface area (Å²) in [5.74, 6) is 3.03. The standard InChI is InChI=1S/C42H42N4O/c1-27(2)19-30-17-18-43-40(20-30)46-38-14-9-8-13-36(38)37-16-15-34(24-39(37)46)47-35-22-32(42(5,6)7)21-33(23-35)45-26-31(25-44-45)41-28(3)11-10-12-29(41)4/h8-18,20-27H,19H2,1-7H3. The lowest BCUT2D eigenvalue weighted by Crippen LogP contribution is -2.12. The first kappa shape index (κ1) is 30.5. The molecular formula is C42H42N4O. The lowest BCUT2D eigenvalue weighted by atomic mass is 9.86. The van der Waals surface area contributed by atoms with E-state index in [4.69, 9.17) is 14.8 Å². The van der Waals surface area contributed by atoms with E-state index in [1.165, 1.54) is 38.6 Å². The van der Waals surface area contributed by atoms with E-state index in [0.29, 0.717) is 5.92 Å². The minimum atomic E-state index is -0.0836. The summed E-state index contributed by atoms with van der Waals surface area (Å²) in [4.78, 5) is 4.83. The van der Waals surface area contributed by atoms with Gasteiger partial charge in [0, 0.05) is 40.9 Å². The maximum absolute atomic E-state index is 6.70. The molecule has 0 saturated heterocycles. The smallest absolute Gasteiger partial charge is 0.137 e. The summed E-state index contributed by atoms with van der Waals surface area (Å²) in [6.45, 7) is 15.5. The average Bonchev–Trinajstić information content (AvgIpc) is 3.63. The summed E-state index contributed by atoms with van der Waals surface area (Å²) >= 11 is 0. The maximum atomic E-state index is 6.70. The molecule has 3 heterocycles. The Morgan fingerprint density at radius 2 is 1.53 bits per heavy atom. The minimum Gasteiger partial charge on any atom is -0.457 e. The van der Waals surface area contributed by atoms with E-state index in [0.717, 1.165) is 46.0 Å². The molecule has 0 fully saturated rings. The fraction of sp³-hybridized carbons (Fsp3) is 0.238. The fourth-order valence-electron chi connectivity index (χ4n) is 6.65. The molecule has 236 valence electrons. The van der Waals surface area contributed by atoms with Crippen LogP contribution in [0.3, 0.4) is 0 Å². The minimum absolute atomic E-state index is 0.0836. The molecule has 0 aliphatic heterocycles. The highest BCUT2D eigenvalue weighted by molar-refractivity contribution is 6.09. The van der Waals surface area contributed by atoms with Gasteiger partial charge in [-0.2, -0.15) is 5.10 Å². The van der Waals surface area contributed by atoms with Crippen LogP contribution >= 0.6 is 0 Å². The molecule has 0 atom stereocenters. The SMILES string of the molecule is Cc1cccc(C)c1-c1cnn(-c2cc(Oc3ccc4c5ccccc5n(-c5cc(CC(C)C)ccn5)c4c3)cc(C(C)(C)C)c2)c1. The highest BCUT2D eigenvalue weighted by Gasteiger charge is 2.19. The molecule has 47 heavy (non-hydrogen) atoms. The Balaban J connectivity index is 1.31. The molecule has 4 aromatic carbocycles. The van der Waals surface area contributed by atoms with Gasteiger partial charge in [0.15, 0.2) is 0 Å². The summed E-state index contributed by atoms with van der Waals surface area (Å²) < 4.78 is 10.9. The van der Waals surface area contributed by atoms with Crippen LogP contribution in [0, 0.1) is 19.8 Å². The Labute approximate surface area is 277 Å². The predicted molar refractivity (Wildman–Crippen MR) is 194 cm³/mol. The predicted octanol–water partition coefficient (Wildman–Crippen LogP) is 10.9. The van der Waals surface area contributed by atoms with Gasteiger partial charge in [-0.15, -0.1) is 0 Å². The van der Waals surface area contributed by atoms with Crippen LogP contribution in [0.25, 0.3) is 44.4 Å². The second kappa shape index (κ2) is 11.9. The largest absolute Gasteiger partial charge is 0.457 e. The second-order valence-corrected chi connectivity index (χ2v) is 14.2. The Bertz CT molecular complexity index is 2230. The average molecular weight is 619 g/mol. The van der Waals surface area contributed by atoms with Gasteiger partial charge < -0.3 is 4.74 Å². The van der Waals surface area contributed by atoms with Gasteiger partial charge in [0.1, 0.15) is 17.3 Å². The third-order valence-corrected chi connectivity index (χ3v) is 8.94. The number of benzene rings is 4. The molecule has 0 N–H and O–H groups in total. The van der Waals surface area contributed by atoms with Gasteiger partial charge in [-0.25, -0.2) is 9.67 Å².